The number of fused-ring (bicyclic) bond motifs is 2. The van der Waals surface area contributed by atoms with E-state index in [1.54, 1.807) is 0 Å². The van der Waals surface area contributed by atoms with E-state index in [0.29, 0.717) is 19.2 Å². The molecule has 7 nitrogen and oxygen atoms in total. The first-order valence-corrected chi connectivity index (χ1v) is 11.7. The van der Waals surface area contributed by atoms with Crippen LogP contribution in [-0.4, -0.2) is 74.6 Å². The van der Waals surface area contributed by atoms with Gasteiger partial charge in [-0.25, -0.2) is 9.37 Å². The number of morpholine rings is 1. The monoisotopic (exact) mass is 439 g/mol. The summed E-state index contributed by atoms with van der Waals surface area (Å²) in [6.07, 6.45) is 1.83. The zero-order valence-corrected chi connectivity index (χ0v) is 18.2. The van der Waals surface area contributed by atoms with Crippen LogP contribution in [0.25, 0.3) is 0 Å². The lowest BCUT2D eigenvalue weighted by Crippen LogP contribution is -2.60. The van der Waals surface area contributed by atoms with E-state index in [2.05, 4.69) is 37.6 Å². The summed E-state index contributed by atoms with van der Waals surface area (Å²) in [6.45, 7) is 7.07. The third kappa shape index (κ3) is 3.70. The van der Waals surface area contributed by atoms with Crippen molar-refractivity contribution >= 4 is 17.2 Å². The molecule has 1 aromatic carbocycles. The van der Waals surface area contributed by atoms with E-state index in [1.165, 1.54) is 0 Å². The van der Waals surface area contributed by atoms with Crippen LogP contribution < -0.4 is 20.3 Å². The number of hydrogen-bond donors (Lipinski definition) is 2. The lowest BCUT2D eigenvalue weighted by atomic mass is 9.86. The van der Waals surface area contributed by atoms with E-state index in [9.17, 15) is 0 Å². The van der Waals surface area contributed by atoms with Gasteiger partial charge in [0.1, 0.15) is 24.3 Å². The van der Waals surface area contributed by atoms with Crippen LogP contribution in [-0.2, 0) is 11.3 Å². The zero-order valence-electron chi connectivity index (χ0n) is 18.2. The quantitative estimate of drug-likeness (QED) is 0.763. The molecule has 0 radical (unpaired) electrons. The van der Waals surface area contributed by atoms with Crippen LogP contribution in [0.1, 0.15) is 23.5 Å². The second-order valence-electron chi connectivity index (χ2n) is 9.14. The summed E-state index contributed by atoms with van der Waals surface area (Å²) in [6, 6.07) is 8.62. The maximum Gasteiger partial charge on any atom is 0.143 e. The van der Waals surface area contributed by atoms with E-state index in [-0.39, 0.29) is 5.92 Å². The fraction of sp³-hybridized carbons (Fsp3) is 0.542. The number of anilines is 3. The molecular weight excluding hydrogens is 409 g/mol. The topological polar surface area (TPSA) is 61.9 Å². The third-order valence-corrected chi connectivity index (χ3v) is 7.29. The fourth-order valence-electron chi connectivity index (χ4n) is 5.28. The molecule has 32 heavy (non-hydrogen) atoms. The van der Waals surface area contributed by atoms with Crippen molar-refractivity contribution < 1.29 is 13.9 Å². The number of aromatic nitrogens is 1. The number of ether oxygens (including phenoxy) is 2. The fourth-order valence-corrected chi connectivity index (χ4v) is 5.28. The largest absolute Gasteiger partial charge is 0.487 e. The molecule has 2 atom stereocenters. The molecule has 6 rings (SSSR count). The second kappa shape index (κ2) is 8.50. The van der Waals surface area contributed by atoms with Crippen LogP contribution in [0.3, 0.4) is 0 Å². The molecule has 4 aliphatic rings. The Hall–Kier alpha value is -2.42. The predicted molar refractivity (Wildman–Crippen MR) is 122 cm³/mol. The van der Waals surface area contributed by atoms with Crippen molar-refractivity contribution in [2.45, 2.75) is 31.2 Å². The Bertz CT molecular complexity index is 979. The van der Waals surface area contributed by atoms with Gasteiger partial charge in [0.2, 0.25) is 0 Å². The molecule has 2 aromatic rings. The number of alkyl halides is 1. The van der Waals surface area contributed by atoms with Crippen molar-refractivity contribution in [3.63, 3.8) is 0 Å². The SMILES string of the molecule is FC1CN(C2CNC2)CCC1c1ccc2c(c1)Nc1nccc(N3CCOCC3)c1CO2. The molecule has 3 fully saturated rings. The normalized spacial score (nSPS) is 26.2. The highest BCUT2D eigenvalue weighted by atomic mass is 19.1. The van der Waals surface area contributed by atoms with Gasteiger partial charge in [-0.1, -0.05) is 6.07 Å². The number of rotatable bonds is 3. The maximum atomic E-state index is 15.2. The number of benzene rings is 1. The van der Waals surface area contributed by atoms with Crippen molar-refractivity contribution in [2.75, 3.05) is 62.7 Å². The molecule has 0 saturated carbocycles. The van der Waals surface area contributed by atoms with Crippen molar-refractivity contribution in [3.8, 4) is 5.75 Å². The summed E-state index contributed by atoms with van der Waals surface area (Å²) in [7, 11) is 0. The van der Waals surface area contributed by atoms with Gasteiger partial charge < -0.3 is 25.0 Å². The lowest BCUT2D eigenvalue weighted by Gasteiger charge is -2.43. The Kier molecular flexibility index (Phi) is 5.37. The molecule has 5 heterocycles. The summed E-state index contributed by atoms with van der Waals surface area (Å²) in [5.74, 6) is 1.52. The van der Waals surface area contributed by atoms with E-state index < -0.39 is 6.17 Å². The van der Waals surface area contributed by atoms with E-state index in [1.807, 2.05) is 18.3 Å². The Labute approximate surface area is 187 Å². The van der Waals surface area contributed by atoms with Gasteiger partial charge in [0, 0.05) is 56.6 Å². The zero-order chi connectivity index (χ0) is 21.5. The highest BCUT2D eigenvalue weighted by molar-refractivity contribution is 5.73. The highest BCUT2D eigenvalue weighted by Crippen LogP contribution is 2.40. The number of pyridine rings is 1. The van der Waals surface area contributed by atoms with E-state index >= 15 is 4.39 Å². The molecule has 4 aliphatic heterocycles. The molecule has 0 bridgehead atoms. The molecule has 0 amide bonds. The van der Waals surface area contributed by atoms with Crippen LogP contribution in [0.2, 0.25) is 0 Å². The molecule has 8 heteroatoms. The number of halogens is 1. The molecule has 2 N–H and O–H groups in total. The lowest BCUT2D eigenvalue weighted by molar-refractivity contribution is 0.0604. The van der Waals surface area contributed by atoms with Gasteiger partial charge in [-0.05, 0) is 36.7 Å². The molecule has 1 aromatic heterocycles. The third-order valence-electron chi connectivity index (χ3n) is 7.29. The Morgan fingerprint density at radius 1 is 1.09 bits per heavy atom. The number of hydrogen-bond acceptors (Lipinski definition) is 7. The van der Waals surface area contributed by atoms with E-state index in [4.69, 9.17) is 9.47 Å². The van der Waals surface area contributed by atoms with Gasteiger partial charge in [0.05, 0.1) is 24.5 Å². The molecule has 170 valence electrons. The Morgan fingerprint density at radius 2 is 1.97 bits per heavy atom. The van der Waals surface area contributed by atoms with Crippen LogP contribution in [0, 0.1) is 0 Å². The van der Waals surface area contributed by atoms with Crippen LogP contribution >= 0.6 is 0 Å². The summed E-state index contributed by atoms with van der Waals surface area (Å²) >= 11 is 0. The van der Waals surface area contributed by atoms with Gasteiger partial charge in [-0.15, -0.1) is 0 Å². The van der Waals surface area contributed by atoms with Gasteiger partial charge in [0.25, 0.3) is 0 Å². The van der Waals surface area contributed by atoms with Crippen molar-refractivity contribution in [1.82, 2.24) is 15.2 Å². The minimum Gasteiger partial charge on any atom is -0.487 e. The second-order valence-corrected chi connectivity index (χ2v) is 9.14. The summed E-state index contributed by atoms with van der Waals surface area (Å²) in [5.41, 5.74) is 4.09. The molecule has 0 aliphatic carbocycles. The Balaban J connectivity index is 1.23. The minimum atomic E-state index is -0.854. The van der Waals surface area contributed by atoms with E-state index in [0.717, 1.165) is 86.4 Å². The average molecular weight is 440 g/mol. The highest BCUT2D eigenvalue weighted by Gasteiger charge is 2.35. The van der Waals surface area contributed by atoms with Crippen molar-refractivity contribution in [2.24, 2.45) is 0 Å². The first kappa shape index (κ1) is 20.2. The Morgan fingerprint density at radius 3 is 2.75 bits per heavy atom. The minimum absolute atomic E-state index is 0.0817. The van der Waals surface area contributed by atoms with Gasteiger partial charge in [-0.3, -0.25) is 4.90 Å². The molecular formula is C24H30FN5O2. The maximum absolute atomic E-state index is 15.2. The number of piperidine rings is 1. The molecule has 0 spiro atoms. The van der Waals surface area contributed by atoms with Gasteiger partial charge in [0.15, 0.2) is 0 Å². The summed E-state index contributed by atoms with van der Waals surface area (Å²) in [4.78, 5) is 9.23. The van der Waals surface area contributed by atoms with Gasteiger partial charge >= 0.3 is 0 Å². The summed E-state index contributed by atoms with van der Waals surface area (Å²) in [5, 5.41) is 6.77. The van der Waals surface area contributed by atoms with Crippen LogP contribution in [0.5, 0.6) is 5.75 Å². The summed E-state index contributed by atoms with van der Waals surface area (Å²) < 4.78 is 26.9. The first-order chi connectivity index (χ1) is 15.8. The number of likely N-dealkylation sites (tertiary alicyclic amines) is 1. The average Bonchev–Trinajstić information content (AvgIpc) is 2.97. The molecule has 3 saturated heterocycles. The first-order valence-electron chi connectivity index (χ1n) is 11.7. The predicted octanol–water partition coefficient (Wildman–Crippen LogP) is 2.65. The van der Waals surface area contributed by atoms with Crippen LogP contribution in [0.4, 0.5) is 21.6 Å². The smallest absolute Gasteiger partial charge is 0.143 e. The van der Waals surface area contributed by atoms with Crippen LogP contribution in [0.15, 0.2) is 30.5 Å². The van der Waals surface area contributed by atoms with Gasteiger partial charge in [-0.2, -0.15) is 0 Å². The van der Waals surface area contributed by atoms with Crippen molar-refractivity contribution in [3.05, 3.63) is 41.6 Å². The number of nitrogens with one attached hydrogen (secondary N) is 2. The standard InChI is InChI=1S/C24H30FN5O2/c25-20-14-30(17-12-26-13-17)6-4-18(20)16-1-2-23-21(11-16)28-24-19(15-32-23)22(3-5-27-24)29-7-9-31-10-8-29/h1-3,5,11,17-18,20,26H,4,6-10,12-15H2,(H,27,28). The van der Waals surface area contributed by atoms with Crippen molar-refractivity contribution in [1.29, 1.82) is 0 Å². The number of nitrogens with zero attached hydrogens (tertiary/aromatic N) is 3. The molecule has 2 unspecified atom stereocenters.